The summed E-state index contributed by atoms with van der Waals surface area (Å²) in [6.07, 6.45) is 3.64. The number of aryl methyl sites for hydroxylation is 1. The molecule has 0 heterocycles. The molecular formula is C14H20N2O. The van der Waals surface area contributed by atoms with Gasteiger partial charge in [-0.15, -0.1) is 0 Å². The predicted octanol–water partition coefficient (Wildman–Crippen LogP) is 2.84. The van der Waals surface area contributed by atoms with Gasteiger partial charge >= 0.3 is 6.03 Å². The highest BCUT2D eigenvalue weighted by Gasteiger charge is 1.96. The maximum absolute atomic E-state index is 11.3. The van der Waals surface area contributed by atoms with Gasteiger partial charge in [0.25, 0.3) is 0 Å². The molecule has 0 spiro atoms. The van der Waals surface area contributed by atoms with Crippen molar-refractivity contribution < 1.29 is 4.79 Å². The molecule has 0 fully saturated rings. The van der Waals surface area contributed by atoms with E-state index in [0.29, 0.717) is 6.54 Å². The van der Waals surface area contributed by atoms with Crippen LogP contribution in [-0.4, -0.2) is 12.6 Å². The Balaban J connectivity index is 2.12. The second kappa shape index (κ2) is 7.49. The van der Waals surface area contributed by atoms with Crippen LogP contribution in [0, 0.1) is 0 Å². The summed E-state index contributed by atoms with van der Waals surface area (Å²) >= 11 is 0. The third-order valence-electron chi connectivity index (χ3n) is 2.26. The van der Waals surface area contributed by atoms with E-state index in [9.17, 15) is 4.79 Å². The largest absolute Gasteiger partial charge is 0.338 e. The molecule has 0 radical (unpaired) electrons. The molecular weight excluding hydrogens is 212 g/mol. The molecule has 2 amide bonds. The molecule has 0 aliphatic rings. The molecule has 0 saturated carbocycles. The molecule has 0 bridgehead atoms. The Morgan fingerprint density at radius 1 is 1.24 bits per heavy atom. The van der Waals surface area contributed by atoms with Crippen LogP contribution >= 0.6 is 0 Å². The lowest BCUT2D eigenvalue weighted by Crippen LogP contribution is -2.33. The second-order valence-corrected chi connectivity index (χ2v) is 4.21. The van der Waals surface area contributed by atoms with Crippen molar-refractivity contribution >= 4 is 6.03 Å². The summed E-state index contributed by atoms with van der Waals surface area (Å²) in [7, 11) is 0. The summed E-state index contributed by atoms with van der Waals surface area (Å²) in [5, 5.41) is 5.48. The lowest BCUT2D eigenvalue weighted by atomic mass is 10.1. The first kappa shape index (κ1) is 13.3. The van der Waals surface area contributed by atoms with Crippen LogP contribution in [0.2, 0.25) is 0 Å². The van der Waals surface area contributed by atoms with Crippen LogP contribution in [0.25, 0.3) is 0 Å². The van der Waals surface area contributed by atoms with Gasteiger partial charge in [-0.3, -0.25) is 0 Å². The Hall–Kier alpha value is -1.77. The number of carbonyl (C=O) groups excluding carboxylic acids is 1. The molecule has 17 heavy (non-hydrogen) atoms. The van der Waals surface area contributed by atoms with Crippen LogP contribution in [0.5, 0.6) is 0 Å². The van der Waals surface area contributed by atoms with Gasteiger partial charge in [0.15, 0.2) is 0 Å². The fourth-order valence-corrected chi connectivity index (χ4v) is 1.40. The van der Waals surface area contributed by atoms with Gasteiger partial charge in [-0.05, 0) is 32.3 Å². The average Bonchev–Trinajstić information content (AvgIpc) is 2.33. The van der Waals surface area contributed by atoms with Crippen molar-refractivity contribution in [2.24, 2.45) is 0 Å². The highest BCUT2D eigenvalue weighted by molar-refractivity contribution is 5.74. The molecule has 0 aliphatic carbocycles. The quantitative estimate of drug-likeness (QED) is 0.753. The third kappa shape index (κ3) is 6.40. The van der Waals surface area contributed by atoms with Gasteiger partial charge in [0.05, 0.1) is 0 Å². The molecule has 1 rings (SSSR count). The Bertz CT molecular complexity index is 367. The van der Waals surface area contributed by atoms with Crippen LogP contribution in [0.3, 0.4) is 0 Å². The van der Waals surface area contributed by atoms with Gasteiger partial charge in [0, 0.05) is 12.7 Å². The van der Waals surface area contributed by atoms with Crippen LogP contribution in [0.1, 0.15) is 25.8 Å². The van der Waals surface area contributed by atoms with Crippen molar-refractivity contribution in [1.82, 2.24) is 10.6 Å². The molecule has 92 valence electrons. The summed E-state index contributed by atoms with van der Waals surface area (Å²) < 4.78 is 0. The Kier molecular flexibility index (Phi) is 5.86. The maximum Gasteiger partial charge on any atom is 0.318 e. The van der Waals surface area contributed by atoms with E-state index in [4.69, 9.17) is 0 Å². The molecule has 3 nitrogen and oxygen atoms in total. The normalized spacial score (nSPS) is 9.53. The lowest BCUT2D eigenvalue weighted by molar-refractivity contribution is 0.244. The number of benzene rings is 1. The summed E-state index contributed by atoms with van der Waals surface area (Å²) in [4.78, 5) is 11.3. The number of amides is 2. The zero-order chi connectivity index (χ0) is 12.5. The number of carbonyl (C=O) groups is 1. The molecule has 3 heteroatoms. The van der Waals surface area contributed by atoms with E-state index < -0.39 is 0 Å². The summed E-state index contributed by atoms with van der Waals surface area (Å²) in [6, 6.07) is 10.1. The van der Waals surface area contributed by atoms with Crippen molar-refractivity contribution in [1.29, 1.82) is 0 Å². The first-order valence-corrected chi connectivity index (χ1v) is 5.90. The number of allylic oxidation sites excluding steroid dienone is 1. The molecule has 2 N–H and O–H groups in total. The zero-order valence-electron chi connectivity index (χ0n) is 10.5. The van der Waals surface area contributed by atoms with Crippen molar-refractivity contribution in [2.45, 2.75) is 26.7 Å². The Morgan fingerprint density at radius 2 is 1.94 bits per heavy atom. The van der Waals surface area contributed by atoms with E-state index in [-0.39, 0.29) is 6.03 Å². The van der Waals surface area contributed by atoms with Gasteiger partial charge in [-0.25, -0.2) is 4.79 Å². The third-order valence-corrected chi connectivity index (χ3v) is 2.26. The van der Waals surface area contributed by atoms with E-state index >= 15 is 0 Å². The number of urea groups is 1. The second-order valence-electron chi connectivity index (χ2n) is 4.21. The smallest absolute Gasteiger partial charge is 0.318 e. The van der Waals surface area contributed by atoms with Crippen LogP contribution in [0.4, 0.5) is 4.79 Å². The topological polar surface area (TPSA) is 41.1 Å². The van der Waals surface area contributed by atoms with E-state index in [0.717, 1.165) is 18.4 Å². The fourth-order valence-electron chi connectivity index (χ4n) is 1.40. The minimum atomic E-state index is -0.140. The molecule has 0 aliphatic heterocycles. The van der Waals surface area contributed by atoms with Crippen LogP contribution in [0.15, 0.2) is 42.1 Å². The van der Waals surface area contributed by atoms with Crippen molar-refractivity contribution in [2.75, 3.05) is 6.54 Å². The van der Waals surface area contributed by atoms with E-state index in [1.807, 2.05) is 32.0 Å². The van der Waals surface area contributed by atoms with Crippen molar-refractivity contribution in [3.05, 3.63) is 47.7 Å². The molecule has 0 saturated heterocycles. The predicted molar refractivity (Wildman–Crippen MR) is 70.7 cm³/mol. The summed E-state index contributed by atoms with van der Waals surface area (Å²) in [5.41, 5.74) is 2.38. The first-order valence-electron chi connectivity index (χ1n) is 5.90. The SMILES string of the molecule is CC(C)=CNC(=O)NCCCc1ccccc1. The molecule has 1 aromatic carbocycles. The first-order chi connectivity index (χ1) is 8.18. The van der Waals surface area contributed by atoms with Crippen molar-refractivity contribution in [3.63, 3.8) is 0 Å². The number of rotatable bonds is 5. The molecule has 0 aromatic heterocycles. The zero-order valence-corrected chi connectivity index (χ0v) is 10.5. The highest BCUT2D eigenvalue weighted by Crippen LogP contribution is 2.01. The summed E-state index contributed by atoms with van der Waals surface area (Å²) in [5.74, 6) is 0. The van der Waals surface area contributed by atoms with Crippen LogP contribution in [-0.2, 0) is 6.42 Å². The fraction of sp³-hybridized carbons (Fsp3) is 0.357. The van der Waals surface area contributed by atoms with Gasteiger partial charge in [-0.1, -0.05) is 35.9 Å². The number of hydrogen-bond acceptors (Lipinski definition) is 1. The highest BCUT2D eigenvalue weighted by atomic mass is 16.2. The van der Waals surface area contributed by atoms with E-state index in [2.05, 4.69) is 22.8 Å². The Morgan fingerprint density at radius 3 is 2.59 bits per heavy atom. The van der Waals surface area contributed by atoms with Crippen molar-refractivity contribution in [3.8, 4) is 0 Å². The maximum atomic E-state index is 11.3. The van der Waals surface area contributed by atoms with Crippen LogP contribution < -0.4 is 10.6 Å². The molecule has 1 aromatic rings. The van der Waals surface area contributed by atoms with E-state index in [1.54, 1.807) is 6.20 Å². The van der Waals surface area contributed by atoms with E-state index in [1.165, 1.54) is 5.56 Å². The van der Waals surface area contributed by atoms with Gasteiger partial charge in [-0.2, -0.15) is 0 Å². The monoisotopic (exact) mass is 232 g/mol. The standard InChI is InChI=1S/C14H20N2O/c1-12(2)11-16-14(17)15-10-6-9-13-7-4-3-5-8-13/h3-5,7-8,11H,6,9-10H2,1-2H3,(H2,15,16,17). The minimum absolute atomic E-state index is 0.140. The van der Waals surface area contributed by atoms with Gasteiger partial charge in [0.1, 0.15) is 0 Å². The average molecular weight is 232 g/mol. The van der Waals surface area contributed by atoms with Gasteiger partial charge < -0.3 is 10.6 Å². The Labute approximate surface area is 103 Å². The number of hydrogen-bond donors (Lipinski definition) is 2. The van der Waals surface area contributed by atoms with Gasteiger partial charge in [0.2, 0.25) is 0 Å². The minimum Gasteiger partial charge on any atom is -0.338 e. The number of nitrogens with one attached hydrogen (secondary N) is 2. The molecule has 0 atom stereocenters. The molecule has 0 unspecified atom stereocenters. The summed E-state index contributed by atoms with van der Waals surface area (Å²) in [6.45, 7) is 4.57. The lowest BCUT2D eigenvalue weighted by Gasteiger charge is -2.05.